The third kappa shape index (κ3) is 3.30. The number of hydrogen-bond donors (Lipinski definition) is 2. The van der Waals surface area contributed by atoms with Crippen LogP contribution in [0.3, 0.4) is 0 Å². The fourth-order valence-corrected chi connectivity index (χ4v) is 3.54. The molecular formula is C16H20N4O2S. The molecule has 0 unspecified atom stereocenters. The van der Waals surface area contributed by atoms with Gasteiger partial charge >= 0.3 is 0 Å². The van der Waals surface area contributed by atoms with Crippen molar-refractivity contribution in [1.29, 1.82) is 0 Å². The molecule has 3 rings (SSSR count). The second kappa shape index (κ2) is 6.17. The fourth-order valence-electron chi connectivity index (χ4n) is 2.56. The van der Waals surface area contributed by atoms with Crippen molar-refractivity contribution in [2.75, 3.05) is 6.54 Å². The number of aromatic amines is 1. The number of aromatic nitrogens is 3. The topological polar surface area (TPSA) is 79.8 Å². The summed E-state index contributed by atoms with van der Waals surface area (Å²) >= 11 is 0. The van der Waals surface area contributed by atoms with E-state index in [4.69, 9.17) is 0 Å². The zero-order valence-electron chi connectivity index (χ0n) is 13.2. The van der Waals surface area contributed by atoms with Gasteiger partial charge in [0.05, 0.1) is 6.20 Å². The molecule has 2 aromatic heterocycles. The van der Waals surface area contributed by atoms with Crippen LogP contribution in [0.25, 0.3) is 10.9 Å². The van der Waals surface area contributed by atoms with E-state index in [0.717, 1.165) is 16.5 Å². The summed E-state index contributed by atoms with van der Waals surface area (Å²) < 4.78 is 28.7. The quantitative estimate of drug-likeness (QED) is 0.726. The molecule has 7 heteroatoms. The first-order valence-corrected chi connectivity index (χ1v) is 9.06. The molecule has 0 fully saturated rings. The van der Waals surface area contributed by atoms with E-state index < -0.39 is 10.0 Å². The Kier molecular flexibility index (Phi) is 4.23. The fraction of sp³-hybridized carbons (Fsp3) is 0.312. The highest BCUT2D eigenvalue weighted by molar-refractivity contribution is 7.89. The Bertz CT molecular complexity index is 925. The Hall–Kier alpha value is -2.12. The van der Waals surface area contributed by atoms with Gasteiger partial charge in [0, 0.05) is 36.4 Å². The lowest BCUT2D eigenvalue weighted by Crippen LogP contribution is -2.25. The van der Waals surface area contributed by atoms with Crippen LogP contribution < -0.4 is 4.72 Å². The molecule has 0 bridgehead atoms. The van der Waals surface area contributed by atoms with Crippen LogP contribution in [0.2, 0.25) is 0 Å². The zero-order chi connectivity index (χ0) is 16.4. The Morgan fingerprint density at radius 2 is 2.17 bits per heavy atom. The SMILES string of the molecule is CCn1cc(S(=O)(=O)NCCc2c[nH]c3ccc(C)cc23)cn1. The lowest BCUT2D eigenvalue weighted by molar-refractivity contribution is 0.581. The summed E-state index contributed by atoms with van der Waals surface area (Å²) in [6.45, 7) is 4.95. The predicted molar refractivity (Wildman–Crippen MR) is 89.8 cm³/mol. The largest absolute Gasteiger partial charge is 0.361 e. The summed E-state index contributed by atoms with van der Waals surface area (Å²) in [4.78, 5) is 3.42. The van der Waals surface area contributed by atoms with Gasteiger partial charge in [0.15, 0.2) is 0 Å². The van der Waals surface area contributed by atoms with Crippen LogP contribution in [-0.4, -0.2) is 29.7 Å². The van der Waals surface area contributed by atoms with Gasteiger partial charge in [-0.05, 0) is 38.0 Å². The number of sulfonamides is 1. The number of nitrogens with zero attached hydrogens (tertiary/aromatic N) is 2. The van der Waals surface area contributed by atoms with Gasteiger partial charge in [-0.15, -0.1) is 0 Å². The van der Waals surface area contributed by atoms with Gasteiger partial charge in [0.2, 0.25) is 10.0 Å². The summed E-state index contributed by atoms with van der Waals surface area (Å²) in [6, 6.07) is 6.20. The predicted octanol–water partition coefficient (Wildman–Crippen LogP) is 2.21. The molecule has 0 atom stereocenters. The van der Waals surface area contributed by atoms with Gasteiger partial charge in [0.1, 0.15) is 4.90 Å². The van der Waals surface area contributed by atoms with Crippen molar-refractivity contribution in [2.24, 2.45) is 0 Å². The van der Waals surface area contributed by atoms with E-state index in [1.807, 2.05) is 26.1 Å². The lowest BCUT2D eigenvalue weighted by Gasteiger charge is -2.04. The molecule has 0 aliphatic heterocycles. The molecule has 0 amide bonds. The average molecular weight is 332 g/mol. The van der Waals surface area contributed by atoms with E-state index in [9.17, 15) is 8.42 Å². The molecular weight excluding hydrogens is 312 g/mol. The Morgan fingerprint density at radius 3 is 2.91 bits per heavy atom. The molecule has 0 aliphatic carbocycles. The number of aryl methyl sites for hydroxylation is 2. The average Bonchev–Trinajstić information content (AvgIpc) is 3.14. The monoisotopic (exact) mass is 332 g/mol. The molecule has 6 nitrogen and oxygen atoms in total. The van der Waals surface area contributed by atoms with E-state index in [-0.39, 0.29) is 4.90 Å². The van der Waals surface area contributed by atoms with Crippen molar-refractivity contribution < 1.29 is 8.42 Å². The third-order valence-corrected chi connectivity index (χ3v) is 5.27. The van der Waals surface area contributed by atoms with E-state index in [1.165, 1.54) is 18.0 Å². The number of hydrogen-bond acceptors (Lipinski definition) is 3. The molecule has 0 aliphatic rings. The van der Waals surface area contributed by atoms with Crippen molar-refractivity contribution in [3.8, 4) is 0 Å². The van der Waals surface area contributed by atoms with Gasteiger partial charge in [-0.3, -0.25) is 4.68 Å². The molecule has 0 saturated carbocycles. The zero-order valence-corrected chi connectivity index (χ0v) is 14.0. The van der Waals surface area contributed by atoms with Crippen molar-refractivity contribution in [2.45, 2.75) is 31.7 Å². The normalized spacial score (nSPS) is 12.1. The molecule has 2 heterocycles. The number of H-pyrrole nitrogens is 1. The number of fused-ring (bicyclic) bond motifs is 1. The lowest BCUT2D eigenvalue weighted by atomic mass is 10.1. The van der Waals surface area contributed by atoms with Gasteiger partial charge < -0.3 is 4.98 Å². The van der Waals surface area contributed by atoms with Gasteiger partial charge in [-0.2, -0.15) is 5.10 Å². The third-order valence-electron chi connectivity index (χ3n) is 3.85. The van der Waals surface area contributed by atoms with Crippen LogP contribution in [0.5, 0.6) is 0 Å². The molecule has 23 heavy (non-hydrogen) atoms. The highest BCUT2D eigenvalue weighted by Crippen LogP contribution is 2.20. The van der Waals surface area contributed by atoms with Crippen LogP contribution in [0.1, 0.15) is 18.1 Å². The first-order chi connectivity index (χ1) is 11.0. The Morgan fingerprint density at radius 1 is 1.35 bits per heavy atom. The summed E-state index contributed by atoms with van der Waals surface area (Å²) in [5.74, 6) is 0. The second-order valence-corrected chi connectivity index (χ2v) is 7.31. The molecule has 0 radical (unpaired) electrons. The van der Waals surface area contributed by atoms with E-state index in [0.29, 0.717) is 19.5 Å². The Labute approximate surface area is 135 Å². The van der Waals surface area contributed by atoms with Crippen LogP contribution in [0, 0.1) is 6.92 Å². The maximum atomic E-state index is 12.2. The molecule has 122 valence electrons. The van der Waals surface area contributed by atoms with Gasteiger partial charge in [-0.1, -0.05) is 11.6 Å². The van der Waals surface area contributed by atoms with Crippen molar-refractivity contribution in [1.82, 2.24) is 19.5 Å². The minimum absolute atomic E-state index is 0.203. The van der Waals surface area contributed by atoms with Gasteiger partial charge in [-0.25, -0.2) is 13.1 Å². The van der Waals surface area contributed by atoms with Crippen LogP contribution in [0.15, 0.2) is 41.7 Å². The van der Waals surface area contributed by atoms with Gasteiger partial charge in [0.25, 0.3) is 0 Å². The second-order valence-electron chi connectivity index (χ2n) is 5.54. The highest BCUT2D eigenvalue weighted by atomic mass is 32.2. The molecule has 2 N–H and O–H groups in total. The molecule has 1 aromatic carbocycles. The highest BCUT2D eigenvalue weighted by Gasteiger charge is 2.16. The Balaban J connectivity index is 1.69. The summed E-state index contributed by atoms with van der Waals surface area (Å²) in [6.07, 6.45) is 5.48. The van der Waals surface area contributed by atoms with Crippen LogP contribution in [-0.2, 0) is 23.0 Å². The van der Waals surface area contributed by atoms with Crippen molar-refractivity contribution in [3.05, 3.63) is 47.9 Å². The maximum Gasteiger partial charge on any atom is 0.243 e. The number of nitrogens with one attached hydrogen (secondary N) is 2. The van der Waals surface area contributed by atoms with E-state index in [1.54, 1.807) is 4.68 Å². The first kappa shape index (κ1) is 15.8. The minimum atomic E-state index is -3.51. The first-order valence-electron chi connectivity index (χ1n) is 7.58. The maximum absolute atomic E-state index is 12.2. The standard InChI is InChI=1S/C16H20N4O2S/c1-3-20-11-14(10-18-20)23(21,22)19-7-6-13-9-17-16-5-4-12(2)8-15(13)16/h4-5,8-11,17,19H,3,6-7H2,1-2H3. The summed E-state index contributed by atoms with van der Waals surface area (Å²) in [5, 5.41) is 5.14. The van der Waals surface area contributed by atoms with Crippen LogP contribution in [0.4, 0.5) is 0 Å². The number of rotatable bonds is 6. The number of benzene rings is 1. The van der Waals surface area contributed by atoms with E-state index >= 15 is 0 Å². The van der Waals surface area contributed by atoms with Crippen molar-refractivity contribution >= 4 is 20.9 Å². The molecule has 0 spiro atoms. The molecule has 0 saturated heterocycles. The van der Waals surface area contributed by atoms with Crippen molar-refractivity contribution in [3.63, 3.8) is 0 Å². The van der Waals surface area contributed by atoms with Crippen LogP contribution >= 0.6 is 0 Å². The molecule has 3 aromatic rings. The smallest absolute Gasteiger partial charge is 0.243 e. The summed E-state index contributed by atoms with van der Waals surface area (Å²) in [5.41, 5.74) is 3.36. The minimum Gasteiger partial charge on any atom is -0.361 e. The van der Waals surface area contributed by atoms with E-state index in [2.05, 4.69) is 26.9 Å². The summed E-state index contributed by atoms with van der Waals surface area (Å²) in [7, 11) is -3.51.